The highest BCUT2D eigenvalue weighted by Crippen LogP contribution is 2.07. The maximum Gasteiger partial charge on any atom is 0.0718 e. The van der Waals surface area contributed by atoms with Gasteiger partial charge in [-0.25, -0.2) is 0 Å². The van der Waals surface area contributed by atoms with Gasteiger partial charge in [0.05, 0.1) is 25.9 Å². The van der Waals surface area contributed by atoms with Gasteiger partial charge in [0, 0.05) is 3.57 Å². The summed E-state index contributed by atoms with van der Waals surface area (Å²) < 4.78 is 12.1. The summed E-state index contributed by atoms with van der Waals surface area (Å²) in [4.78, 5) is 0. The van der Waals surface area contributed by atoms with Crippen molar-refractivity contribution in [2.24, 2.45) is 0 Å². The summed E-state index contributed by atoms with van der Waals surface area (Å²) in [5, 5.41) is 0. The summed E-state index contributed by atoms with van der Waals surface area (Å²) in [6.07, 6.45) is 0.284. The first kappa shape index (κ1) is 12.9. The van der Waals surface area contributed by atoms with Crippen LogP contribution in [0.2, 0.25) is 0 Å². The van der Waals surface area contributed by atoms with E-state index in [-0.39, 0.29) is 6.10 Å². The fraction of sp³-hybridized carbons (Fsp3) is 0.500. The summed E-state index contributed by atoms with van der Waals surface area (Å²) in [7, 11) is 0. The molecule has 0 aliphatic heterocycles. The Morgan fingerprint density at radius 2 is 1.80 bits per heavy atom. The van der Waals surface area contributed by atoms with E-state index < -0.39 is 0 Å². The average molecular weight is 320 g/mol. The molecular weight excluding hydrogens is 303 g/mol. The first-order chi connectivity index (χ1) is 7.18. The maximum absolute atomic E-state index is 5.48. The summed E-state index contributed by atoms with van der Waals surface area (Å²) >= 11 is 2.29. The van der Waals surface area contributed by atoms with Crippen LogP contribution in [0.25, 0.3) is 0 Å². The predicted octanol–water partition coefficient (Wildman–Crippen LogP) is 3.23. The lowest BCUT2D eigenvalue weighted by Crippen LogP contribution is -2.09. The molecule has 0 aliphatic rings. The predicted molar refractivity (Wildman–Crippen MR) is 69.9 cm³/mol. The van der Waals surface area contributed by atoms with E-state index in [1.54, 1.807) is 0 Å². The van der Waals surface area contributed by atoms with Gasteiger partial charge in [0.1, 0.15) is 0 Å². The molecule has 3 heteroatoms. The molecule has 0 amide bonds. The fourth-order valence-corrected chi connectivity index (χ4v) is 1.47. The molecule has 1 aromatic carbocycles. The third-order valence-electron chi connectivity index (χ3n) is 1.86. The van der Waals surface area contributed by atoms with E-state index in [9.17, 15) is 0 Å². The monoisotopic (exact) mass is 320 g/mol. The lowest BCUT2D eigenvalue weighted by atomic mass is 10.2. The Kier molecular flexibility index (Phi) is 6.20. The highest BCUT2D eigenvalue weighted by atomic mass is 127. The van der Waals surface area contributed by atoms with Crippen molar-refractivity contribution in [3.63, 3.8) is 0 Å². The van der Waals surface area contributed by atoms with Gasteiger partial charge >= 0.3 is 0 Å². The Morgan fingerprint density at radius 1 is 1.13 bits per heavy atom. The van der Waals surface area contributed by atoms with E-state index >= 15 is 0 Å². The normalized spacial score (nSPS) is 10.9. The molecule has 2 nitrogen and oxygen atoms in total. The number of hydrogen-bond acceptors (Lipinski definition) is 2. The molecule has 0 unspecified atom stereocenters. The second kappa shape index (κ2) is 7.19. The number of rotatable bonds is 6. The van der Waals surface area contributed by atoms with Crippen LogP contribution in [0.15, 0.2) is 24.3 Å². The molecule has 84 valence electrons. The van der Waals surface area contributed by atoms with Gasteiger partial charge in [0.15, 0.2) is 0 Å². The molecule has 0 radical (unpaired) electrons. The van der Waals surface area contributed by atoms with Crippen LogP contribution in [0.1, 0.15) is 19.4 Å². The van der Waals surface area contributed by atoms with Gasteiger partial charge in [0.25, 0.3) is 0 Å². The highest BCUT2D eigenvalue weighted by molar-refractivity contribution is 14.1. The summed E-state index contributed by atoms with van der Waals surface area (Å²) in [6, 6.07) is 8.35. The van der Waals surface area contributed by atoms with Crippen LogP contribution >= 0.6 is 22.6 Å². The minimum atomic E-state index is 0.284. The van der Waals surface area contributed by atoms with E-state index in [4.69, 9.17) is 9.47 Å². The van der Waals surface area contributed by atoms with Crippen molar-refractivity contribution >= 4 is 22.6 Å². The molecule has 0 aliphatic carbocycles. The van der Waals surface area contributed by atoms with E-state index in [1.807, 2.05) is 13.8 Å². The van der Waals surface area contributed by atoms with Gasteiger partial charge in [-0.1, -0.05) is 12.1 Å². The second-order valence-electron chi connectivity index (χ2n) is 3.60. The van der Waals surface area contributed by atoms with Gasteiger partial charge in [-0.3, -0.25) is 0 Å². The fourth-order valence-electron chi connectivity index (χ4n) is 1.11. The molecule has 0 bridgehead atoms. The Hall–Kier alpha value is -0.130. The SMILES string of the molecule is CC(C)OCCOCc1ccc(I)cc1. The first-order valence-electron chi connectivity index (χ1n) is 5.12. The first-order valence-corrected chi connectivity index (χ1v) is 6.20. The summed E-state index contributed by atoms with van der Waals surface area (Å²) in [5.74, 6) is 0. The molecule has 0 aromatic heterocycles. The van der Waals surface area contributed by atoms with E-state index in [0.717, 1.165) is 0 Å². The quantitative estimate of drug-likeness (QED) is 0.592. The topological polar surface area (TPSA) is 18.5 Å². The van der Waals surface area contributed by atoms with Crippen LogP contribution in [0.4, 0.5) is 0 Å². The molecule has 0 N–H and O–H groups in total. The molecule has 0 saturated carbocycles. The number of ether oxygens (including phenoxy) is 2. The van der Waals surface area contributed by atoms with Crippen LogP contribution in [-0.4, -0.2) is 19.3 Å². The molecule has 0 fully saturated rings. The molecule has 0 spiro atoms. The molecule has 0 atom stereocenters. The number of benzene rings is 1. The molecule has 1 aromatic rings. The van der Waals surface area contributed by atoms with Crippen LogP contribution in [0, 0.1) is 3.57 Å². The van der Waals surface area contributed by atoms with Crippen molar-refractivity contribution in [3.8, 4) is 0 Å². The lowest BCUT2D eigenvalue weighted by Gasteiger charge is -2.08. The van der Waals surface area contributed by atoms with Crippen LogP contribution in [0.3, 0.4) is 0 Å². The average Bonchev–Trinajstić information content (AvgIpc) is 2.20. The minimum absolute atomic E-state index is 0.284. The highest BCUT2D eigenvalue weighted by Gasteiger charge is 1.95. The summed E-state index contributed by atoms with van der Waals surface area (Å²) in [6.45, 7) is 6.04. The largest absolute Gasteiger partial charge is 0.376 e. The molecule has 15 heavy (non-hydrogen) atoms. The third kappa shape index (κ3) is 6.12. The number of halogens is 1. The Morgan fingerprint density at radius 3 is 2.40 bits per heavy atom. The van der Waals surface area contributed by atoms with Crippen molar-refractivity contribution in [2.45, 2.75) is 26.6 Å². The Bertz CT molecular complexity index is 269. The minimum Gasteiger partial charge on any atom is -0.376 e. The molecule has 1 rings (SSSR count). The van der Waals surface area contributed by atoms with E-state index in [2.05, 4.69) is 46.9 Å². The van der Waals surface area contributed by atoms with E-state index in [1.165, 1.54) is 9.13 Å². The van der Waals surface area contributed by atoms with E-state index in [0.29, 0.717) is 19.8 Å². The van der Waals surface area contributed by atoms with Gasteiger partial charge in [-0.15, -0.1) is 0 Å². The zero-order valence-electron chi connectivity index (χ0n) is 9.20. The van der Waals surface area contributed by atoms with Gasteiger partial charge in [-0.2, -0.15) is 0 Å². The van der Waals surface area contributed by atoms with Gasteiger partial charge in [0.2, 0.25) is 0 Å². The second-order valence-corrected chi connectivity index (χ2v) is 4.84. The van der Waals surface area contributed by atoms with Crippen molar-refractivity contribution in [3.05, 3.63) is 33.4 Å². The van der Waals surface area contributed by atoms with Crippen molar-refractivity contribution in [1.29, 1.82) is 0 Å². The number of hydrogen-bond donors (Lipinski definition) is 0. The lowest BCUT2D eigenvalue weighted by molar-refractivity contribution is 0.0143. The van der Waals surface area contributed by atoms with Crippen LogP contribution < -0.4 is 0 Å². The third-order valence-corrected chi connectivity index (χ3v) is 2.58. The molecule has 0 heterocycles. The van der Waals surface area contributed by atoms with Crippen LogP contribution in [0.5, 0.6) is 0 Å². The zero-order valence-corrected chi connectivity index (χ0v) is 11.4. The van der Waals surface area contributed by atoms with Crippen molar-refractivity contribution in [2.75, 3.05) is 13.2 Å². The maximum atomic E-state index is 5.48. The Balaban J connectivity index is 2.12. The smallest absolute Gasteiger partial charge is 0.0718 e. The molecule has 0 saturated heterocycles. The standard InChI is InChI=1S/C12H17IO2/c1-10(2)15-8-7-14-9-11-3-5-12(13)6-4-11/h3-6,10H,7-9H2,1-2H3. The van der Waals surface area contributed by atoms with Crippen molar-refractivity contribution in [1.82, 2.24) is 0 Å². The van der Waals surface area contributed by atoms with Gasteiger partial charge < -0.3 is 9.47 Å². The zero-order chi connectivity index (χ0) is 11.1. The van der Waals surface area contributed by atoms with Crippen LogP contribution in [-0.2, 0) is 16.1 Å². The molecular formula is C12H17IO2. The van der Waals surface area contributed by atoms with Gasteiger partial charge in [-0.05, 0) is 54.1 Å². The Labute approximate surface area is 105 Å². The summed E-state index contributed by atoms with van der Waals surface area (Å²) in [5.41, 5.74) is 1.21. The van der Waals surface area contributed by atoms with Crippen molar-refractivity contribution < 1.29 is 9.47 Å².